The molecule has 0 aliphatic carbocycles. The molecule has 0 aliphatic rings. The molecule has 15 heavy (non-hydrogen) atoms. The number of furan rings is 1. The summed E-state index contributed by atoms with van der Waals surface area (Å²) in [5.41, 5.74) is 2.36. The summed E-state index contributed by atoms with van der Waals surface area (Å²) >= 11 is 0. The third-order valence-electron chi connectivity index (χ3n) is 2.33. The number of fused-ring (bicyclic) bond motifs is 1. The Kier molecular flexibility index (Phi) is 3.96. The molecule has 1 nitrogen and oxygen atoms in total. The normalized spacial score (nSPS) is 10.3. The monoisotopic (exact) mass is 204 g/mol. The highest BCUT2D eigenvalue weighted by atomic mass is 16.3. The van der Waals surface area contributed by atoms with Gasteiger partial charge in [0, 0.05) is 5.39 Å². The van der Waals surface area contributed by atoms with Crippen molar-refractivity contribution < 1.29 is 4.42 Å². The third-order valence-corrected chi connectivity index (χ3v) is 2.33. The first-order valence-corrected chi connectivity index (χ1v) is 5.67. The van der Waals surface area contributed by atoms with Crippen LogP contribution in [0.1, 0.15) is 44.9 Å². The van der Waals surface area contributed by atoms with E-state index in [0.717, 1.165) is 11.3 Å². The van der Waals surface area contributed by atoms with Gasteiger partial charge in [-0.1, -0.05) is 33.8 Å². The quantitative estimate of drug-likeness (QED) is 0.644. The number of rotatable bonds is 1. The molecule has 1 heterocycles. The van der Waals surface area contributed by atoms with Crippen LogP contribution in [0.3, 0.4) is 0 Å². The lowest BCUT2D eigenvalue weighted by Crippen LogP contribution is -1.84. The van der Waals surface area contributed by atoms with Crippen molar-refractivity contribution in [3.8, 4) is 0 Å². The fraction of sp³-hybridized carbons (Fsp3) is 0.429. The largest absolute Gasteiger partial charge is 0.461 e. The average molecular weight is 204 g/mol. The van der Waals surface area contributed by atoms with Crippen LogP contribution in [0, 0.1) is 6.92 Å². The van der Waals surface area contributed by atoms with Crippen molar-refractivity contribution in [2.45, 2.75) is 40.5 Å². The lowest BCUT2D eigenvalue weighted by atomic mass is 10.0. The second-order valence-corrected chi connectivity index (χ2v) is 3.81. The molecule has 82 valence electrons. The molecule has 0 spiro atoms. The number of hydrogen-bond acceptors (Lipinski definition) is 1. The fourth-order valence-corrected chi connectivity index (χ4v) is 1.55. The smallest absolute Gasteiger partial charge is 0.134 e. The van der Waals surface area contributed by atoms with E-state index in [1.165, 1.54) is 10.9 Å². The maximum Gasteiger partial charge on any atom is 0.134 e. The van der Waals surface area contributed by atoms with Crippen molar-refractivity contribution >= 4 is 11.0 Å². The van der Waals surface area contributed by atoms with E-state index in [2.05, 4.69) is 38.1 Å². The predicted molar refractivity (Wildman–Crippen MR) is 66.4 cm³/mol. The van der Waals surface area contributed by atoms with E-state index in [1.54, 1.807) is 0 Å². The van der Waals surface area contributed by atoms with E-state index in [9.17, 15) is 0 Å². The van der Waals surface area contributed by atoms with Crippen LogP contribution < -0.4 is 0 Å². The molecule has 0 atom stereocenters. The Morgan fingerprint density at radius 1 is 1.07 bits per heavy atom. The first kappa shape index (κ1) is 11.8. The third kappa shape index (κ3) is 2.62. The van der Waals surface area contributed by atoms with Crippen molar-refractivity contribution in [3.63, 3.8) is 0 Å². The van der Waals surface area contributed by atoms with Gasteiger partial charge >= 0.3 is 0 Å². The lowest BCUT2D eigenvalue weighted by Gasteiger charge is -2.03. The van der Waals surface area contributed by atoms with Crippen molar-refractivity contribution in [2.24, 2.45) is 0 Å². The summed E-state index contributed by atoms with van der Waals surface area (Å²) in [7, 11) is 0. The van der Waals surface area contributed by atoms with Crippen molar-refractivity contribution in [1.82, 2.24) is 0 Å². The molecule has 0 unspecified atom stereocenters. The Labute approximate surface area is 92.1 Å². The molecule has 0 radical (unpaired) electrons. The maximum atomic E-state index is 5.50. The van der Waals surface area contributed by atoms with Crippen LogP contribution in [0.2, 0.25) is 0 Å². The molecule has 0 bridgehead atoms. The minimum absolute atomic E-state index is 0.583. The number of hydrogen-bond donors (Lipinski definition) is 0. The van der Waals surface area contributed by atoms with Gasteiger partial charge in [-0.2, -0.15) is 0 Å². The van der Waals surface area contributed by atoms with Gasteiger partial charge in [-0.3, -0.25) is 0 Å². The SMILES string of the molecule is CC.Cc1cc2cc(C(C)C)ccc2o1. The summed E-state index contributed by atoms with van der Waals surface area (Å²) in [6.45, 7) is 10.4. The van der Waals surface area contributed by atoms with Gasteiger partial charge in [-0.05, 0) is 36.6 Å². The minimum atomic E-state index is 0.583. The highest BCUT2D eigenvalue weighted by Gasteiger charge is 2.03. The van der Waals surface area contributed by atoms with Gasteiger partial charge in [0.2, 0.25) is 0 Å². The van der Waals surface area contributed by atoms with Gasteiger partial charge in [0.15, 0.2) is 0 Å². The highest BCUT2D eigenvalue weighted by Crippen LogP contribution is 2.23. The second kappa shape index (κ2) is 5.01. The summed E-state index contributed by atoms with van der Waals surface area (Å²) in [6.07, 6.45) is 0. The first-order chi connectivity index (χ1) is 7.16. The molecule has 0 N–H and O–H groups in total. The van der Waals surface area contributed by atoms with Gasteiger partial charge in [-0.15, -0.1) is 0 Å². The molecule has 0 fully saturated rings. The molecular weight excluding hydrogens is 184 g/mol. The second-order valence-electron chi connectivity index (χ2n) is 3.81. The zero-order valence-electron chi connectivity index (χ0n) is 10.3. The summed E-state index contributed by atoms with van der Waals surface area (Å²) in [5.74, 6) is 1.57. The van der Waals surface area contributed by atoms with E-state index < -0.39 is 0 Å². The number of benzene rings is 1. The highest BCUT2D eigenvalue weighted by molar-refractivity contribution is 5.78. The van der Waals surface area contributed by atoms with Gasteiger partial charge in [0.05, 0.1) is 0 Å². The summed E-state index contributed by atoms with van der Waals surface area (Å²) in [6, 6.07) is 8.48. The molecule has 1 aromatic carbocycles. The Morgan fingerprint density at radius 2 is 1.73 bits per heavy atom. The van der Waals surface area contributed by atoms with Crippen LogP contribution in [0.4, 0.5) is 0 Å². The Morgan fingerprint density at radius 3 is 2.33 bits per heavy atom. The first-order valence-electron chi connectivity index (χ1n) is 5.67. The standard InChI is InChI=1S/C12H14O.C2H6/c1-8(2)10-4-5-12-11(7-10)6-9(3)13-12;1-2/h4-8H,1-3H3;1-2H3. The fourth-order valence-electron chi connectivity index (χ4n) is 1.55. The Balaban J connectivity index is 0.000000531. The van der Waals surface area contributed by atoms with E-state index in [4.69, 9.17) is 4.42 Å². The summed E-state index contributed by atoms with van der Waals surface area (Å²) in [5, 5.41) is 1.21. The van der Waals surface area contributed by atoms with E-state index in [1.807, 2.05) is 20.8 Å². The van der Waals surface area contributed by atoms with E-state index in [0.29, 0.717) is 5.92 Å². The van der Waals surface area contributed by atoms with Crippen LogP contribution in [-0.4, -0.2) is 0 Å². The minimum Gasteiger partial charge on any atom is -0.461 e. The molecule has 0 aliphatic heterocycles. The molecule has 1 heteroatoms. The van der Waals surface area contributed by atoms with Gasteiger partial charge < -0.3 is 4.42 Å². The van der Waals surface area contributed by atoms with Gasteiger partial charge in [0.25, 0.3) is 0 Å². The molecule has 2 aromatic rings. The number of aryl methyl sites for hydroxylation is 1. The average Bonchev–Trinajstić information content (AvgIpc) is 2.59. The summed E-state index contributed by atoms with van der Waals surface area (Å²) < 4.78 is 5.50. The maximum absolute atomic E-state index is 5.50. The topological polar surface area (TPSA) is 13.1 Å². The zero-order chi connectivity index (χ0) is 11.4. The van der Waals surface area contributed by atoms with Gasteiger partial charge in [0.1, 0.15) is 11.3 Å². The van der Waals surface area contributed by atoms with Crippen LogP contribution in [0.25, 0.3) is 11.0 Å². The summed E-state index contributed by atoms with van der Waals surface area (Å²) in [4.78, 5) is 0. The van der Waals surface area contributed by atoms with E-state index >= 15 is 0 Å². The Bertz CT molecular complexity index is 424. The molecular formula is C14H20O. The van der Waals surface area contributed by atoms with Crippen LogP contribution >= 0.6 is 0 Å². The zero-order valence-corrected chi connectivity index (χ0v) is 10.3. The molecule has 0 saturated carbocycles. The van der Waals surface area contributed by atoms with E-state index in [-0.39, 0.29) is 0 Å². The van der Waals surface area contributed by atoms with Gasteiger partial charge in [-0.25, -0.2) is 0 Å². The van der Waals surface area contributed by atoms with Crippen molar-refractivity contribution in [3.05, 3.63) is 35.6 Å². The molecule has 1 aromatic heterocycles. The van der Waals surface area contributed by atoms with Crippen LogP contribution in [-0.2, 0) is 0 Å². The molecule has 0 saturated heterocycles. The van der Waals surface area contributed by atoms with Crippen molar-refractivity contribution in [2.75, 3.05) is 0 Å². The van der Waals surface area contributed by atoms with Crippen molar-refractivity contribution in [1.29, 1.82) is 0 Å². The molecule has 0 amide bonds. The predicted octanol–water partition coefficient (Wildman–Crippen LogP) is 4.89. The lowest BCUT2D eigenvalue weighted by molar-refractivity contribution is 0.578. The van der Waals surface area contributed by atoms with Crippen LogP contribution in [0.5, 0.6) is 0 Å². The molecule has 2 rings (SSSR count). The van der Waals surface area contributed by atoms with Crippen LogP contribution in [0.15, 0.2) is 28.7 Å². The Hall–Kier alpha value is -1.24.